The fraction of sp³-hybridized carbons (Fsp3) is 0.529. The van der Waals surface area contributed by atoms with E-state index in [1.807, 2.05) is 6.07 Å². The Balaban J connectivity index is 2.20. The van der Waals surface area contributed by atoms with Crippen molar-refractivity contribution in [2.75, 3.05) is 5.32 Å². The van der Waals surface area contributed by atoms with Crippen LogP contribution in [0, 0.1) is 0 Å². The second-order valence-corrected chi connectivity index (χ2v) is 6.80. The monoisotopic (exact) mass is 305 g/mol. The molecule has 0 atom stereocenters. The van der Waals surface area contributed by atoms with E-state index in [-0.39, 0.29) is 0 Å². The van der Waals surface area contributed by atoms with Crippen LogP contribution in [0.3, 0.4) is 0 Å². The fourth-order valence-electron chi connectivity index (χ4n) is 2.92. The summed E-state index contributed by atoms with van der Waals surface area (Å²) in [6.45, 7) is 5.38. The molecule has 1 aliphatic rings. The minimum atomic E-state index is -0.828. The standard InChI is InChI=1S/C17H23NO4/c1-16(2,3)22-15(21)18-13-8-6-7-12(11-13)17(14(19)20)9-4-5-10-17/h6-8,11H,4-5,9-10H2,1-3H3,(H,18,21)(H,19,20). The average Bonchev–Trinajstić information content (AvgIpc) is 2.87. The van der Waals surface area contributed by atoms with E-state index in [9.17, 15) is 14.7 Å². The summed E-state index contributed by atoms with van der Waals surface area (Å²) >= 11 is 0. The Labute approximate surface area is 130 Å². The van der Waals surface area contributed by atoms with Gasteiger partial charge in [-0.05, 0) is 51.3 Å². The Morgan fingerprint density at radius 3 is 2.41 bits per heavy atom. The van der Waals surface area contributed by atoms with Crippen molar-refractivity contribution in [3.63, 3.8) is 0 Å². The van der Waals surface area contributed by atoms with Gasteiger partial charge in [0, 0.05) is 5.69 Å². The van der Waals surface area contributed by atoms with Crippen LogP contribution in [-0.2, 0) is 14.9 Å². The summed E-state index contributed by atoms with van der Waals surface area (Å²) in [7, 11) is 0. The highest BCUT2D eigenvalue weighted by molar-refractivity contribution is 5.86. The third-order valence-electron chi connectivity index (χ3n) is 3.93. The lowest BCUT2D eigenvalue weighted by molar-refractivity contribution is -0.143. The van der Waals surface area contributed by atoms with Crippen molar-refractivity contribution in [3.05, 3.63) is 29.8 Å². The average molecular weight is 305 g/mol. The number of aliphatic carboxylic acids is 1. The lowest BCUT2D eigenvalue weighted by Crippen LogP contribution is -2.32. The molecule has 1 fully saturated rings. The molecule has 5 heteroatoms. The molecule has 0 saturated heterocycles. The number of nitrogens with one attached hydrogen (secondary N) is 1. The SMILES string of the molecule is CC(C)(C)OC(=O)Nc1cccc(C2(C(=O)O)CCCC2)c1. The van der Waals surface area contributed by atoms with Gasteiger partial charge in [0.05, 0.1) is 5.41 Å². The number of carboxylic acids is 1. The van der Waals surface area contributed by atoms with Gasteiger partial charge in [-0.3, -0.25) is 10.1 Å². The summed E-state index contributed by atoms with van der Waals surface area (Å²) in [5.41, 5.74) is -0.105. The molecule has 1 amide bonds. The molecule has 0 aromatic heterocycles. The van der Waals surface area contributed by atoms with Crippen LogP contribution in [0.1, 0.15) is 52.0 Å². The second-order valence-electron chi connectivity index (χ2n) is 6.80. The number of rotatable bonds is 3. The molecule has 2 N–H and O–H groups in total. The van der Waals surface area contributed by atoms with E-state index < -0.39 is 23.1 Å². The molecule has 120 valence electrons. The molecular weight excluding hydrogens is 282 g/mol. The van der Waals surface area contributed by atoms with Gasteiger partial charge < -0.3 is 9.84 Å². The summed E-state index contributed by atoms with van der Waals surface area (Å²) in [6.07, 6.45) is 2.56. The van der Waals surface area contributed by atoms with E-state index in [1.54, 1.807) is 39.0 Å². The van der Waals surface area contributed by atoms with E-state index in [0.717, 1.165) is 18.4 Å². The first-order valence-electron chi connectivity index (χ1n) is 7.57. The van der Waals surface area contributed by atoms with E-state index in [0.29, 0.717) is 18.5 Å². The molecule has 0 bridgehead atoms. The maximum atomic E-state index is 11.8. The number of carbonyl (C=O) groups is 2. The molecule has 5 nitrogen and oxygen atoms in total. The Morgan fingerprint density at radius 1 is 1.23 bits per heavy atom. The van der Waals surface area contributed by atoms with Gasteiger partial charge in [0.15, 0.2) is 0 Å². The molecule has 0 aliphatic heterocycles. The van der Waals surface area contributed by atoms with E-state index in [2.05, 4.69) is 5.32 Å². The zero-order valence-corrected chi connectivity index (χ0v) is 13.3. The smallest absolute Gasteiger partial charge is 0.412 e. The Hall–Kier alpha value is -2.04. The van der Waals surface area contributed by atoms with Gasteiger partial charge in [0.2, 0.25) is 0 Å². The normalized spacial score (nSPS) is 17.0. The maximum absolute atomic E-state index is 11.8. The molecule has 0 heterocycles. The first kappa shape index (κ1) is 16.3. The minimum Gasteiger partial charge on any atom is -0.481 e. The highest BCUT2D eigenvalue weighted by Crippen LogP contribution is 2.42. The largest absolute Gasteiger partial charge is 0.481 e. The highest BCUT2D eigenvalue weighted by atomic mass is 16.6. The van der Waals surface area contributed by atoms with E-state index in [1.165, 1.54) is 0 Å². The summed E-state index contributed by atoms with van der Waals surface area (Å²) in [6, 6.07) is 7.06. The molecule has 22 heavy (non-hydrogen) atoms. The zero-order valence-electron chi connectivity index (χ0n) is 13.3. The van der Waals surface area contributed by atoms with Crippen molar-refractivity contribution >= 4 is 17.7 Å². The first-order valence-corrected chi connectivity index (χ1v) is 7.57. The van der Waals surface area contributed by atoms with Crippen LogP contribution in [-0.4, -0.2) is 22.8 Å². The van der Waals surface area contributed by atoms with Gasteiger partial charge in [-0.1, -0.05) is 25.0 Å². The predicted octanol–water partition coefficient (Wildman–Crippen LogP) is 3.93. The number of hydrogen-bond donors (Lipinski definition) is 2. The molecule has 0 radical (unpaired) electrons. The van der Waals surface area contributed by atoms with Crippen molar-refractivity contribution in [1.82, 2.24) is 0 Å². The molecule has 1 aliphatic carbocycles. The van der Waals surface area contributed by atoms with Gasteiger partial charge in [-0.15, -0.1) is 0 Å². The minimum absolute atomic E-state index is 0.541. The molecule has 1 aromatic carbocycles. The number of ether oxygens (including phenoxy) is 1. The van der Waals surface area contributed by atoms with Crippen LogP contribution >= 0.6 is 0 Å². The van der Waals surface area contributed by atoms with E-state index in [4.69, 9.17) is 4.74 Å². The van der Waals surface area contributed by atoms with Gasteiger partial charge in [-0.25, -0.2) is 4.79 Å². The molecular formula is C17H23NO4. The quantitative estimate of drug-likeness (QED) is 0.887. The second kappa shape index (κ2) is 5.99. The van der Waals surface area contributed by atoms with Crippen LogP contribution in [0.2, 0.25) is 0 Å². The molecule has 1 aromatic rings. The number of carboxylic acid groups (broad SMARTS) is 1. The summed E-state index contributed by atoms with van der Waals surface area (Å²) in [5.74, 6) is -0.792. The third-order valence-corrected chi connectivity index (χ3v) is 3.93. The fourth-order valence-corrected chi connectivity index (χ4v) is 2.92. The maximum Gasteiger partial charge on any atom is 0.412 e. The zero-order chi connectivity index (χ0) is 16.4. The van der Waals surface area contributed by atoms with Crippen molar-refractivity contribution in [2.45, 2.75) is 57.5 Å². The van der Waals surface area contributed by atoms with Crippen LogP contribution in [0.15, 0.2) is 24.3 Å². The van der Waals surface area contributed by atoms with Crippen LogP contribution in [0.25, 0.3) is 0 Å². The molecule has 0 spiro atoms. The Morgan fingerprint density at radius 2 is 1.86 bits per heavy atom. The highest BCUT2D eigenvalue weighted by Gasteiger charge is 2.42. The third kappa shape index (κ3) is 3.59. The number of amides is 1. The Bertz CT molecular complexity index is 568. The lowest BCUT2D eigenvalue weighted by Gasteiger charge is -2.25. The molecule has 0 unspecified atom stereocenters. The van der Waals surface area contributed by atoms with Gasteiger partial charge in [0.25, 0.3) is 0 Å². The van der Waals surface area contributed by atoms with Crippen molar-refractivity contribution in [1.29, 1.82) is 0 Å². The summed E-state index contributed by atoms with van der Waals surface area (Å²) in [5, 5.41) is 12.3. The predicted molar refractivity (Wildman–Crippen MR) is 84.1 cm³/mol. The topological polar surface area (TPSA) is 75.6 Å². The van der Waals surface area contributed by atoms with Crippen LogP contribution < -0.4 is 5.32 Å². The Kier molecular flexibility index (Phi) is 4.44. The summed E-state index contributed by atoms with van der Waals surface area (Å²) < 4.78 is 5.21. The van der Waals surface area contributed by atoms with Crippen molar-refractivity contribution < 1.29 is 19.4 Å². The first-order chi connectivity index (χ1) is 10.2. The van der Waals surface area contributed by atoms with Crippen molar-refractivity contribution in [3.8, 4) is 0 Å². The number of carbonyl (C=O) groups excluding carboxylic acids is 1. The molecule has 1 saturated carbocycles. The van der Waals surface area contributed by atoms with Crippen LogP contribution in [0.5, 0.6) is 0 Å². The van der Waals surface area contributed by atoms with Crippen molar-refractivity contribution in [2.24, 2.45) is 0 Å². The number of benzene rings is 1. The summed E-state index contributed by atoms with van der Waals surface area (Å²) in [4.78, 5) is 23.6. The molecule has 2 rings (SSSR count). The van der Waals surface area contributed by atoms with Crippen LogP contribution in [0.4, 0.5) is 10.5 Å². The van der Waals surface area contributed by atoms with Gasteiger partial charge >= 0.3 is 12.1 Å². The van der Waals surface area contributed by atoms with Gasteiger partial charge in [0.1, 0.15) is 5.60 Å². The van der Waals surface area contributed by atoms with E-state index >= 15 is 0 Å². The lowest BCUT2D eigenvalue weighted by atomic mass is 9.79. The number of hydrogen-bond acceptors (Lipinski definition) is 3. The number of anilines is 1. The van der Waals surface area contributed by atoms with Gasteiger partial charge in [-0.2, -0.15) is 0 Å².